The molecule has 15 heavy (non-hydrogen) atoms. The van der Waals surface area contributed by atoms with Gasteiger partial charge in [0.05, 0.1) is 5.54 Å². The number of nitrogens with zero attached hydrogens (tertiary/aromatic N) is 2. The molecule has 86 valence electrons. The van der Waals surface area contributed by atoms with E-state index in [0.717, 1.165) is 45.6 Å². The molecule has 0 aromatic rings. The summed E-state index contributed by atoms with van der Waals surface area (Å²) in [6.45, 7) is 6.74. The number of rotatable bonds is 1. The van der Waals surface area contributed by atoms with Crippen LogP contribution in [0.15, 0.2) is 0 Å². The first kappa shape index (κ1) is 10.9. The maximum absolute atomic E-state index is 12.4. The third kappa shape index (κ3) is 1.88. The molecule has 0 spiro atoms. The Morgan fingerprint density at radius 3 is 2.47 bits per heavy atom. The minimum atomic E-state index is -0.239. The van der Waals surface area contributed by atoms with Crippen molar-refractivity contribution in [1.29, 1.82) is 0 Å². The molecule has 2 rings (SSSR count). The van der Waals surface area contributed by atoms with E-state index >= 15 is 0 Å². The Balaban J connectivity index is 2.05. The van der Waals surface area contributed by atoms with Crippen LogP contribution in [0.4, 0.5) is 0 Å². The molecular weight excluding hydrogens is 190 g/mol. The van der Waals surface area contributed by atoms with Gasteiger partial charge in [-0.2, -0.15) is 0 Å². The number of amides is 1. The van der Waals surface area contributed by atoms with Crippen LogP contribution in [-0.4, -0.2) is 61.0 Å². The lowest BCUT2D eigenvalue weighted by atomic mass is 9.97. The molecule has 0 aromatic heterocycles. The van der Waals surface area contributed by atoms with Crippen molar-refractivity contribution in [1.82, 2.24) is 15.1 Å². The molecule has 0 aliphatic carbocycles. The highest BCUT2D eigenvalue weighted by atomic mass is 16.2. The topological polar surface area (TPSA) is 35.6 Å². The minimum Gasteiger partial charge on any atom is -0.339 e. The van der Waals surface area contributed by atoms with Crippen molar-refractivity contribution in [3.63, 3.8) is 0 Å². The highest BCUT2D eigenvalue weighted by Crippen LogP contribution is 2.29. The van der Waals surface area contributed by atoms with Crippen molar-refractivity contribution >= 4 is 5.91 Å². The highest BCUT2D eigenvalue weighted by Gasteiger charge is 2.43. The van der Waals surface area contributed by atoms with Gasteiger partial charge in [-0.25, -0.2) is 0 Å². The lowest BCUT2D eigenvalue weighted by Crippen LogP contribution is -2.57. The zero-order valence-corrected chi connectivity index (χ0v) is 9.75. The number of hydrogen-bond acceptors (Lipinski definition) is 3. The summed E-state index contributed by atoms with van der Waals surface area (Å²) in [5.41, 5.74) is -0.239. The van der Waals surface area contributed by atoms with Gasteiger partial charge in [0.1, 0.15) is 0 Å². The van der Waals surface area contributed by atoms with Crippen molar-refractivity contribution in [2.24, 2.45) is 0 Å². The smallest absolute Gasteiger partial charge is 0.242 e. The number of likely N-dealkylation sites (tertiary alicyclic amines) is 1. The zero-order chi connectivity index (χ0) is 10.9. The Labute approximate surface area is 91.6 Å². The van der Waals surface area contributed by atoms with Gasteiger partial charge in [0.2, 0.25) is 5.91 Å². The second kappa shape index (κ2) is 4.10. The van der Waals surface area contributed by atoms with E-state index in [-0.39, 0.29) is 5.54 Å². The molecule has 0 radical (unpaired) electrons. The third-order valence-electron chi connectivity index (χ3n) is 3.86. The number of piperazine rings is 1. The molecule has 0 bridgehead atoms. The van der Waals surface area contributed by atoms with Crippen LogP contribution in [0.3, 0.4) is 0 Å². The molecular formula is C11H21N3O. The molecule has 0 saturated carbocycles. The average Bonchev–Trinajstić information content (AvgIpc) is 2.61. The Hall–Kier alpha value is -0.610. The summed E-state index contributed by atoms with van der Waals surface area (Å²) in [5.74, 6) is 0.323. The summed E-state index contributed by atoms with van der Waals surface area (Å²) >= 11 is 0. The fourth-order valence-electron chi connectivity index (χ4n) is 2.58. The number of nitrogens with one attached hydrogen (secondary N) is 1. The van der Waals surface area contributed by atoms with Crippen LogP contribution >= 0.6 is 0 Å². The van der Waals surface area contributed by atoms with Gasteiger partial charge in [-0.15, -0.1) is 0 Å². The molecule has 4 nitrogen and oxygen atoms in total. The summed E-state index contributed by atoms with van der Waals surface area (Å²) in [5, 5.41) is 3.28. The summed E-state index contributed by atoms with van der Waals surface area (Å²) in [7, 11) is 2.06. The number of carbonyl (C=O) groups is 1. The first-order chi connectivity index (χ1) is 7.14. The van der Waals surface area contributed by atoms with Crippen LogP contribution in [0.25, 0.3) is 0 Å². The van der Waals surface area contributed by atoms with Crippen molar-refractivity contribution < 1.29 is 4.79 Å². The van der Waals surface area contributed by atoms with E-state index in [4.69, 9.17) is 0 Å². The van der Waals surface area contributed by atoms with Gasteiger partial charge in [0, 0.05) is 26.2 Å². The van der Waals surface area contributed by atoms with E-state index in [0.29, 0.717) is 5.91 Å². The van der Waals surface area contributed by atoms with E-state index in [9.17, 15) is 4.79 Å². The lowest BCUT2D eigenvalue weighted by molar-refractivity contribution is -0.141. The van der Waals surface area contributed by atoms with Crippen LogP contribution in [0.5, 0.6) is 0 Å². The van der Waals surface area contributed by atoms with Gasteiger partial charge in [0.25, 0.3) is 0 Å². The molecule has 2 saturated heterocycles. The van der Waals surface area contributed by atoms with E-state index < -0.39 is 0 Å². The Bertz CT molecular complexity index is 250. The first-order valence-corrected chi connectivity index (χ1v) is 5.86. The second-order valence-electron chi connectivity index (χ2n) is 4.84. The van der Waals surface area contributed by atoms with Crippen molar-refractivity contribution in [3.8, 4) is 0 Å². The maximum Gasteiger partial charge on any atom is 0.242 e. The molecule has 1 amide bonds. The van der Waals surface area contributed by atoms with E-state index in [1.165, 1.54) is 0 Å². The number of likely N-dealkylation sites (N-methyl/N-ethyl adjacent to an activating group) is 1. The minimum absolute atomic E-state index is 0.239. The first-order valence-electron chi connectivity index (χ1n) is 5.86. The fraction of sp³-hybridized carbons (Fsp3) is 0.909. The van der Waals surface area contributed by atoms with Crippen LogP contribution in [0, 0.1) is 0 Å². The van der Waals surface area contributed by atoms with Crippen LogP contribution in [0.2, 0.25) is 0 Å². The van der Waals surface area contributed by atoms with Crippen LogP contribution < -0.4 is 5.32 Å². The molecule has 2 fully saturated rings. The maximum atomic E-state index is 12.4. The van der Waals surface area contributed by atoms with Gasteiger partial charge in [0.15, 0.2) is 0 Å². The second-order valence-corrected chi connectivity index (χ2v) is 4.84. The van der Waals surface area contributed by atoms with Gasteiger partial charge in [-0.1, -0.05) is 0 Å². The van der Waals surface area contributed by atoms with Crippen molar-refractivity contribution in [2.45, 2.75) is 25.3 Å². The Morgan fingerprint density at radius 1 is 1.27 bits per heavy atom. The monoisotopic (exact) mass is 211 g/mol. The number of hydrogen-bond donors (Lipinski definition) is 1. The lowest BCUT2D eigenvalue weighted by Gasteiger charge is -2.38. The molecule has 2 aliphatic heterocycles. The third-order valence-corrected chi connectivity index (χ3v) is 3.86. The predicted octanol–water partition coefficient (Wildman–Crippen LogP) is -0.0975. The SMILES string of the molecule is CN1CCCC1(C)C(=O)N1CCNCC1. The largest absolute Gasteiger partial charge is 0.339 e. The van der Waals surface area contributed by atoms with E-state index in [1.54, 1.807) is 0 Å². The molecule has 0 aromatic carbocycles. The van der Waals surface area contributed by atoms with E-state index in [2.05, 4.69) is 24.2 Å². The van der Waals surface area contributed by atoms with Crippen molar-refractivity contribution in [2.75, 3.05) is 39.8 Å². The molecule has 4 heteroatoms. The van der Waals surface area contributed by atoms with Crippen molar-refractivity contribution in [3.05, 3.63) is 0 Å². The van der Waals surface area contributed by atoms with Gasteiger partial charge >= 0.3 is 0 Å². The normalized spacial score (nSPS) is 33.3. The molecule has 1 atom stereocenters. The Morgan fingerprint density at radius 2 is 1.93 bits per heavy atom. The Kier molecular flexibility index (Phi) is 2.98. The van der Waals surface area contributed by atoms with Crippen LogP contribution in [0.1, 0.15) is 19.8 Å². The fourth-order valence-corrected chi connectivity index (χ4v) is 2.58. The quantitative estimate of drug-likeness (QED) is 0.658. The van der Waals surface area contributed by atoms with E-state index in [1.807, 2.05) is 4.90 Å². The van der Waals surface area contributed by atoms with Gasteiger partial charge in [-0.3, -0.25) is 9.69 Å². The molecule has 2 aliphatic rings. The highest BCUT2D eigenvalue weighted by molar-refractivity contribution is 5.86. The summed E-state index contributed by atoms with van der Waals surface area (Å²) in [6, 6.07) is 0. The molecule has 1 unspecified atom stereocenters. The summed E-state index contributed by atoms with van der Waals surface area (Å²) in [6.07, 6.45) is 2.15. The predicted molar refractivity (Wildman–Crippen MR) is 59.7 cm³/mol. The standard InChI is InChI=1S/C11H21N3O/c1-11(4-3-7-13(11)2)10(15)14-8-5-12-6-9-14/h12H,3-9H2,1-2H3. The number of carbonyl (C=O) groups excluding carboxylic acids is 1. The van der Waals surface area contributed by atoms with Gasteiger partial charge in [-0.05, 0) is 33.4 Å². The summed E-state index contributed by atoms with van der Waals surface area (Å²) < 4.78 is 0. The molecule has 2 heterocycles. The average molecular weight is 211 g/mol. The van der Waals surface area contributed by atoms with Crippen LogP contribution in [-0.2, 0) is 4.79 Å². The summed E-state index contributed by atoms with van der Waals surface area (Å²) in [4.78, 5) is 16.6. The van der Waals surface area contributed by atoms with Gasteiger partial charge < -0.3 is 10.2 Å². The zero-order valence-electron chi connectivity index (χ0n) is 9.75. The molecule has 1 N–H and O–H groups in total.